The van der Waals surface area contributed by atoms with E-state index in [2.05, 4.69) is 22.0 Å². The fraction of sp³-hybridized carbons (Fsp3) is 0.350. The van der Waals surface area contributed by atoms with E-state index in [0.29, 0.717) is 16.8 Å². The van der Waals surface area contributed by atoms with Crippen LogP contribution in [-0.2, 0) is 0 Å². The molecule has 7 nitrogen and oxygen atoms in total. The van der Waals surface area contributed by atoms with Crippen LogP contribution >= 0.6 is 0 Å². The molecule has 0 spiro atoms. The molecule has 0 radical (unpaired) electrons. The molecule has 0 aromatic heterocycles. The summed E-state index contributed by atoms with van der Waals surface area (Å²) in [5.41, 5.74) is 2.43. The van der Waals surface area contributed by atoms with Crippen LogP contribution in [0, 0.1) is 17.0 Å². The van der Waals surface area contributed by atoms with Crippen LogP contribution in [0.3, 0.4) is 0 Å². The highest BCUT2D eigenvalue weighted by Gasteiger charge is 2.19. The van der Waals surface area contributed by atoms with Gasteiger partial charge in [-0.15, -0.1) is 0 Å². The molecule has 2 aromatic rings. The van der Waals surface area contributed by atoms with Crippen LogP contribution in [0.2, 0.25) is 0 Å². The molecule has 0 unspecified atom stereocenters. The van der Waals surface area contributed by atoms with Gasteiger partial charge in [0.2, 0.25) is 0 Å². The summed E-state index contributed by atoms with van der Waals surface area (Å²) < 4.78 is 0. The number of amides is 1. The molecular formula is C20H24N4O3. The summed E-state index contributed by atoms with van der Waals surface area (Å²) in [7, 11) is 0. The van der Waals surface area contributed by atoms with Gasteiger partial charge in [0.1, 0.15) is 0 Å². The van der Waals surface area contributed by atoms with Gasteiger partial charge < -0.3 is 15.1 Å². The molecule has 142 valence electrons. The van der Waals surface area contributed by atoms with Gasteiger partial charge in [-0.3, -0.25) is 14.9 Å². The summed E-state index contributed by atoms with van der Waals surface area (Å²) >= 11 is 0. The molecule has 0 atom stereocenters. The van der Waals surface area contributed by atoms with Crippen LogP contribution in [0.15, 0.2) is 42.5 Å². The number of hydrogen-bond acceptors (Lipinski definition) is 5. The van der Waals surface area contributed by atoms with Crippen LogP contribution in [0.25, 0.3) is 0 Å². The van der Waals surface area contributed by atoms with Crippen molar-refractivity contribution in [1.29, 1.82) is 0 Å². The second kappa shape index (κ2) is 8.18. The zero-order chi connectivity index (χ0) is 19.4. The quantitative estimate of drug-likeness (QED) is 0.647. The van der Waals surface area contributed by atoms with Gasteiger partial charge >= 0.3 is 0 Å². The SMILES string of the molecule is CCN1CCN(c2ccc(NC(=O)c3cccc([N+](=O)[O-])c3C)cc2)CC1. The summed E-state index contributed by atoms with van der Waals surface area (Å²) in [5, 5.41) is 13.9. The summed E-state index contributed by atoms with van der Waals surface area (Å²) in [6.07, 6.45) is 0. The second-order valence-corrected chi connectivity index (χ2v) is 6.63. The van der Waals surface area contributed by atoms with Crippen molar-refractivity contribution < 1.29 is 9.72 Å². The lowest BCUT2D eigenvalue weighted by Gasteiger charge is -2.35. The van der Waals surface area contributed by atoms with Gasteiger partial charge in [0, 0.05) is 54.7 Å². The van der Waals surface area contributed by atoms with Crippen LogP contribution in [0.4, 0.5) is 17.1 Å². The molecule has 7 heteroatoms. The molecule has 1 amide bonds. The predicted octanol–water partition coefficient (Wildman–Crippen LogP) is 3.30. The summed E-state index contributed by atoms with van der Waals surface area (Å²) in [4.78, 5) is 27.9. The third-order valence-electron chi connectivity index (χ3n) is 5.06. The molecule has 1 N–H and O–H groups in total. The lowest BCUT2D eigenvalue weighted by molar-refractivity contribution is -0.385. The van der Waals surface area contributed by atoms with E-state index in [0.717, 1.165) is 38.4 Å². The van der Waals surface area contributed by atoms with Gasteiger partial charge in [-0.05, 0) is 43.8 Å². The minimum atomic E-state index is -0.473. The van der Waals surface area contributed by atoms with Crippen molar-refractivity contribution >= 4 is 23.0 Å². The number of nitro groups is 1. The zero-order valence-corrected chi connectivity index (χ0v) is 15.6. The van der Waals surface area contributed by atoms with E-state index in [1.54, 1.807) is 13.0 Å². The van der Waals surface area contributed by atoms with E-state index >= 15 is 0 Å². The fourth-order valence-corrected chi connectivity index (χ4v) is 3.34. The van der Waals surface area contributed by atoms with Gasteiger partial charge in [0.15, 0.2) is 0 Å². The summed E-state index contributed by atoms with van der Waals surface area (Å²) in [6.45, 7) is 8.94. The number of hydrogen-bond donors (Lipinski definition) is 1. The van der Waals surface area contributed by atoms with Crippen molar-refractivity contribution in [3.05, 3.63) is 63.7 Å². The first-order chi connectivity index (χ1) is 13.0. The fourth-order valence-electron chi connectivity index (χ4n) is 3.34. The number of nitrogens with zero attached hydrogens (tertiary/aromatic N) is 3. The Labute approximate surface area is 158 Å². The van der Waals surface area contributed by atoms with E-state index < -0.39 is 4.92 Å². The molecule has 1 heterocycles. The highest BCUT2D eigenvalue weighted by atomic mass is 16.6. The van der Waals surface area contributed by atoms with Crippen LogP contribution < -0.4 is 10.2 Å². The number of rotatable bonds is 5. The maximum absolute atomic E-state index is 12.5. The lowest BCUT2D eigenvalue weighted by Crippen LogP contribution is -2.46. The molecular weight excluding hydrogens is 344 g/mol. The Bertz CT molecular complexity index is 828. The van der Waals surface area contributed by atoms with Crippen molar-refractivity contribution in [3.8, 4) is 0 Å². The van der Waals surface area contributed by atoms with Crippen molar-refractivity contribution in [3.63, 3.8) is 0 Å². The molecule has 27 heavy (non-hydrogen) atoms. The van der Waals surface area contributed by atoms with Crippen molar-refractivity contribution in [1.82, 2.24) is 4.90 Å². The van der Waals surface area contributed by atoms with Crippen molar-refractivity contribution in [2.75, 3.05) is 42.9 Å². The number of benzene rings is 2. The maximum atomic E-state index is 12.5. The van der Waals surface area contributed by atoms with E-state index in [4.69, 9.17) is 0 Å². The molecule has 3 rings (SSSR count). The largest absolute Gasteiger partial charge is 0.369 e. The number of anilines is 2. The van der Waals surface area contributed by atoms with Gasteiger partial charge in [-0.1, -0.05) is 13.0 Å². The Morgan fingerprint density at radius 2 is 1.78 bits per heavy atom. The average molecular weight is 368 g/mol. The molecule has 1 aliphatic rings. The number of carbonyl (C=O) groups excluding carboxylic acids is 1. The van der Waals surface area contributed by atoms with E-state index in [1.165, 1.54) is 12.1 Å². The third-order valence-corrected chi connectivity index (χ3v) is 5.06. The Morgan fingerprint density at radius 3 is 2.37 bits per heavy atom. The third kappa shape index (κ3) is 4.25. The normalized spacial score (nSPS) is 14.8. The minimum Gasteiger partial charge on any atom is -0.369 e. The molecule has 2 aromatic carbocycles. The van der Waals surface area contributed by atoms with Gasteiger partial charge in [-0.25, -0.2) is 0 Å². The summed E-state index contributed by atoms with van der Waals surface area (Å²) in [5.74, 6) is -0.347. The second-order valence-electron chi connectivity index (χ2n) is 6.63. The van der Waals surface area contributed by atoms with Crippen LogP contribution in [-0.4, -0.2) is 48.5 Å². The Balaban J connectivity index is 1.67. The van der Waals surface area contributed by atoms with E-state index in [1.807, 2.05) is 24.3 Å². The lowest BCUT2D eigenvalue weighted by atomic mass is 10.1. The molecule has 1 saturated heterocycles. The van der Waals surface area contributed by atoms with E-state index in [9.17, 15) is 14.9 Å². The van der Waals surface area contributed by atoms with Gasteiger partial charge in [-0.2, -0.15) is 0 Å². The highest BCUT2D eigenvalue weighted by Crippen LogP contribution is 2.23. The average Bonchev–Trinajstić information content (AvgIpc) is 2.68. The van der Waals surface area contributed by atoms with Crippen LogP contribution in [0.5, 0.6) is 0 Å². The zero-order valence-electron chi connectivity index (χ0n) is 15.6. The summed E-state index contributed by atoms with van der Waals surface area (Å²) in [6, 6.07) is 12.3. The van der Waals surface area contributed by atoms with Gasteiger partial charge in [0.25, 0.3) is 11.6 Å². The molecule has 0 saturated carbocycles. The molecule has 0 aliphatic carbocycles. The van der Waals surface area contributed by atoms with Crippen molar-refractivity contribution in [2.45, 2.75) is 13.8 Å². The Kier molecular flexibility index (Phi) is 5.71. The Hall–Kier alpha value is -2.93. The smallest absolute Gasteiger partial charge is 0.273 e. The van der Waals surface area contributed by atoms with E-state index in [-0.39, 0.29) is 11.6 Å². The number of nitrogens with one attached hydrogen (secondary N) is 1. The first-order valence-corrected chi connectivity index (χ1v) is 9.12. The molecule has 1 aliphatic heterocycles. The topological polar surface area (TPSA) is 78.7 Å². The first kappa shape index (κ1) is 18.8. The number of likely N-dealkylation sites (N-methyl/N-ethyl adjacent to an activating group) is 1. The number of piperazine rings is 1. The highest BCUT2D eigenvalue weighted by molar-refractivity contribution is 6.05. The molecule has 0 bridgehead atoms. The monoisotopic (exact) mass is 368 g/mol. The van der Waals surface area contributed by atoms with Gasteiger partial charge in [0.05, 0.1) is 4.92 Å². The predicted molar refractivity (Wildman–Crippen MR) is 107 cm³/mol. The standard InChI is InChI=1S/C20H24N4O3/c1-3-22-11-13-23(14-12-22)17-9-7-16(8-10-17)21-20(25)18-5-4-6-19(15(18)2)24(26)27/h4-10H,3,11-14H2,1-2H3,(H,21,25). The molecule has 1 fully saturated rings. The van der Waals surface area contributed by atoms with Crippen LogP contribution in [0.1, 0.15) is 22.8 Å². The first-order valence-electron chi connectivity index (χ1n) is 9.12. The van der Waals surface area contributed by atoms with Crippen molar-refractivity contribution in [2.24, 2.45) is 0 Å². The number of nitro benzene ring substituents is 1. The minimum absolute atomic E-state index is 0.0516. The maximum Gasteiger partial charge on any atom is 0.273 e. The Morgan fingerprint density at radius 1 is 1.11 bits per heavy atom. The number of carbonyl (C=O) groups is 1.